The van der Waals surface area contributed by atoms with Gasteiger partial charge in [-0.1, -0.05) is 36.9 Å². The maximum Gasteiger partial charge on any atom is 0.280 e. The van der Waals surface area contributed by atoms with Crippen LogP contribution in [0.2, 0.25) is 0 Å². The van der Waals surface area contributed by atoms with E-state index < -0.39 is 15.7 Å². The van der Waals surface area contributed by atoms with Crippen LogP contribution in [0.15, 0.2) is 56.1 Å². The Kier molecular flexibility index (Phi) is 6.09. The Bertz CT molecular complexity index is 979. The number of guanidine groups is 1. The van der Waals surface area contributed by atoms with Crippen molar-refractivity contribution in [2.75, 3.05) is 6.26 Å². The van der Waals surface area contributed by atoms with Crippen molar-refractivity contribution in [3.8, 4) is 0 Å². The van der Waals surface area contributed by atoms with Gasteiger partial charge in [-0.3, -0.25) is 4.79 Å². The highest BCUT2D eigenvalue weighted by Crippen LogP contribution is 2.36. The fraction of sp³-hybridized carbons (Fsp3) is 0.222. The predicted molar refractivity (Wildman–Crippen MR) is 104 cm³/mol. The Morgan fingerprint density at radius 2 is 1.81 bits per heavy atom. The average molecular weight is 392 g/mol. The van der Waals surface area contributed by atoms with E-state index in [1.165, 1.54) is 17.8 Å². The number of hydrogen-bond donors (Lipinski definition) is 2. The van der Waals surface area contributed by atoms with E-state index in [9.17, 15) is 13.2 Å². The van der Waals surface area contributed by atoms with Crippen molar-refractivity contribution in [3.63, 3.8) is 0 Å². The third kappa shape index (κ3) is 4.64. The maximum atomic E-state index is 12.3. The van der Waals surface area contributed by atoms with Crippen molar-refractivity contribution >= 4 is 33.5 Å². The van der Waals surface area contributed by atoms with Crippen LogP contribution in [0.4, 0.5) is 0 Å². The van der Waals surface area contributed by atoms with Crippen molar-refractivity contribution in [2.45, 2.75) is 35.0 Å². The number of aryl methyl sites for hydroxylation is 2. The van der Waals surface area contributed by atoms with Gasteiger partial charge in [0.05, 0.1) is 4.90 Å². The molecular weight excluding hydrogens is 370 g/mol. The van der Waals surface area contributed by atoms with Gasteiger partial charge in [-0.2, -0.15) is 4.99 Å². The molecule has 0 aliphatic carbocycles. The minimum atomic E-state index is -3.56. The summed E-state index contributed by atoms with van der Waals surface area (Å²) in [7, 11) is -3.56. The Morgan fingerprint density at radius 3 is 2.35 bits per heavy atom. The van der Waals surface area contributed by atoms with E-state index in [0.29, 0.717) is 16.9 Å². The molecule has 2 aromatic rings. The zero-order chi connectivity index (χ0) is 19.5. The minimum Gasteiger partial charge on any atom is -0.370 e. The first kappa shape index (κ1) is 20.0. The zero-order valence-electron chi connectivity index (χ0n) is 14.8. The van der Waals surface area contributed by atoms with E-state index in [1.54, 1.807) is 6.07 Å². The number of benzene rings is 2. The molecular formula is C18H21N3O3S2. The molecule has 0 heterocycles. The Labute approximate surface area is 157 Å². The summed E-state index contributed by atoms with van der Waals surface area (Å²) in [5.74, 6) is -1.02. The lowest BCUT2D eigenvalue weighted by Crippen LogP contribution is -2.24. The molecule has 0 atom stereocenters. The molecule has 1 amide bonds. The van der Waals surface area contributed by atoms with E-state index in [4.69, 9.17) is 11.5 Å². The lowest BCUT2D eigenvalue weighted by Gasteiger charge is -2.14. The van der Waals surface area contributed by atoms with Gasteiger partial charge in [0.15, 0.2) is 15.8 Å². The second-order valence-electron chi connectivity index (χ2n) is 5.79. The summed E-state index contributed by atoms with van der Waals surface area (Å²) in [5, 5.41) is 0. The predicted octanol–water partition coefficient (Wildman–Crippen LogP) is 2.53. The molecule has 0 aliphatic heterocycles. The molecule has 0 aromatic heterocycles. The second kappa shape index (κ2) is 7.92. The van der Waals surface area contributed by atoms with Crippen LogP contribution in [0.5, 0.6) is 0 Å². The van der Waals surface area contributed by atoms with Crippen LogP contribution < -0.4 is 11.5 Å². The van der Waals surface area contributed by atoms with Crippen LogP contribution >= 0.6 is 11.8 Å². The average Bonchev–Trinajstić information content (AvgIpc) is 2.54. The van der Waals surface area contributed by atoms with Crippen LogP contribution in [0, 0.1) is 6.92 Å². The number of aliphatic imine (C=N–C) groups is 1. The van der Waals surface area contributed by atoms with Gasteiger partial charge in [0.2, 0.25) is 0 Å². The highest BCUT2D eigenvalue weighted by atomic mass is 32.2. The summed E-state index contributed by atoms with van der Waals surface area (Å²) in [6, 6.07) is 10.8. The number of amides is 1. The fourth-order valence-electron chi connectivity index (χ4n) is 2.43. The molecule has 0 saturated carbocycles. The largest absolute Gasteiger partial charge is 0.370 e. The molecule has 0 fully saturated rings. The Morgan fingerprint density at radius 1 is 1.15 bits per heavy atom. The van der Waals surface area contributed by atoms with Crippen molar-refractivity contribution in [3.05, 3.63) is 53.1 Å². The van der Waals surface area contributed by atoms with Gasteiger partial charge in [0.25, 0.3) is 5.91 Å². The SMILES string of the molecule is CCc1cc(Sc2ccccc2C)c(S(C)(=O)=O)cc1C(=O)N=C(N)N. The first-order valence-electron chi connectivity index (χ1n) is 7.88. The van der Waals surface area contributed by atoms with Gasteiger partial charge in [0.1, 0.15) is 0 Å². The topological polar surface area (TPSA) is 116 Å². The van der Waals surface area contributed by atoms with Crippen molar-refractivity contribution < 1.29 is 13.2 Å². The summed E-state index contributed by atoms with van der Waals surface area (Å²) >= 11 is 1.36. The standard InChI is InChI=1S/C18H21N3O3S2/c1-4-12-9-15(25-14-8-6-5-7-11(14)2)16(26(3,23)24)10-13(12)17(22)21-18(19)20/h5-10H,4H2,1-3H3,(H4,19,20,21,22). The lowest BCUT2D eigenvalue weighted by molar-refractivity contribution is 0.100. The minimum absolute atomic E-state index is 0.0806. The van der Waals surface area contributed by atoms with Crippen LogP contribution in [-0.2, 0) is 16.3 Å². The number of sulfone groups is 1. The molecule has 2 aromatic carbocycles. The Hall–Kier alpha value is -2.32. The third-order valence-corrected chi connectivity index (χ3v) is 6.23. The summed E-state index contributed by atoms with van der Waals surface area (Å²) in [6.07, 6.45) is 1.65. The molecule has 138 valence electrons. The number of carbonyl (C=O) groups is 1. The maximum absolute atomic E-state index is 12.3. The third-order valence-electron chi connectivity index (χ3n) is 3.72. The van der Waals surface area contributed by atoms with Crippen LogP contribution in [0.1, 0.15) is 28.4 Å². The first-order chi connectivity index (χ1) is 12.1. The van der Waals surface area contributed by atoms with Crippen LogP contribution in [0.3, 0.4) is 0 Å². The smallest absolute Gasteiger partial charge is 0.280 e. The van der Waals surface area contributed by atoms with Gasteiger partial charge >= 0.3 is 0 Å². The molecule has 26 heavy (non-hydrogen) atoms. The van der Waals surface area contributed by atoms with Crippen molar-refractivity contribution in [1.82, 2.24) is 0 Å². The van der Waals surface area contributed by atoms with E-state index in [1.807, 2.05) is 38.1 Å². The monoisotopic (exact) mass is 391 g/mol. The lowest BCUT2D eigenvalue weighted by atomic mass is 10.0. The van der Waals surface area contributed by atoms with Gasteiger partial charge in [0, 0.05) is 21.6 Å². The summed E-state index contributed by atoms with van der Waals surface area (Å²) in [6.45, 7) is 3.84. The van der Waals surface area contributed by atoms with E-state index in [2.05, 4.69) is 4.99 Å². The van der Waals surface area contributed by atoms with Gasteiger partial charge in [-0.25, -0.2) is 8.42 Å². The molecule has 0 spiro atoms. The molecule has 8 heteroatoms. The molecule has 0 saturated heterocycles. The number of carbonyl (C=O) groups excluding carboxylic acids is 1. The van der Waals surface area contributed by atoms with Crippen molar-refractivity contribution in [1.29, 1.82) is 0 Å². The summed E-state index contributed by atoms with van der Waals surface area (Å²) < 4.78 is 24.6. The number of nitrogens with two attached hydrogens (primary N) is 2. The zero-order valence-corrected chi connectivity index (χ0v) is 16.4. The highest BCUT2D eigenvalue weighted by molar-refractivity contribution is 8.00. The van der Waals surface area contributed by atoms with Gasteiger partial charge < -0.3 is 11.5 Å². The second-order valence-corrected chi connectivity index (χ2v) is 8.86. The van der Waals surface area contributed by atoms with Crippen molar-refractivity contribution in [2.24, 2.45) is 16.5 Å². The quantitative estimate of drug-likeness (QED) is 0.598. The van der Waals surface area contributed by atoms with E-state index in [-0.39, 0.29) is 16.4 Å². The molecule has 0 unspecified atom stereocenters. The van der Waals surface area contributed by atoms with Gasteiger partial charge in [-0.05, 0) is 42.7 Å². The fourth-order valence-corrected chi connectivity index (χ4v) is 4.74. The molecule has 2 rings (SSSR count). The normalized spacial score (nSPS) is 11.2. The van der Waals surface area contributed by atoms with E-state index >= 15 is 0 Å². The van der Waals surface area contributed by atoms with Gasteiger partial charge in [-0.15, -0.1) is 0 Å². The highest BCUT2D eigenvalue weighted by Gasteiger charge is 2.21. The summed E-state index contributed by atoms with van der Waals surface area (Å²) in [4.78, 5) is 17.4. The van der Waals surface area contributed by atoms with Crippen LogP contribution in [-0.4, -0.2) is 26.5 Å². The molecule has 0 bridgehead atoms. The number of rotatable bonds is 5. The molecule has 6 nitrogen and oxygen atoms in total. The molecule has 0 radical (unpaired) electrons. The Balaban J connectivity index is 2.67. The number of hydrogen-bond acceptors (Lipinski definition) is 4. The summed E-state index contributed by atoms with van der Waals surface area (Å²) in [5.41, 5.74) is 12.5. The van der Waals surface area contributed by atoms with E-state index in [0.717, 1.165) is 16.7 Å². The molecule has 4 N–H and O–H groups in total. The first-order valence-corrected chi connectivity index (χ1v) is 10.6. The molecule has 0 aliphatic rings. The number of nitrogens with zero attached hydrogens (tertiary/aromatic N) is 1. The van der Waals surface area contributed by atoms with Crippen LogP contribution in [0.25, 0.3) is 0 Å².